The molecule has 1 aromatic carbocycles. The number of halogens is 5. The molecular weight excluding hydrogens is 628 g/mol. The maximum atomic E-state index is 13.2. The first kappa shape index (κ1) is 31.7. The third-order valence-corrected chi connectivity index (χ3v) is 10.5. The zero-order valence-electron chi connectivity index (χ0n) is 22.2. The Balaban J connectivity index is 1.71. The van der Waals surface area contributed by atoms with Crippen LogP contribution in [0.3, 0.4) is 0 Å². The first-order valence-electron chi connectivity index (χ1n) is 12.7. The van der Waals surface area contributed by atoms with Gasteiger partial charge in [-0.2, -0.15) is 17.9 Å². The fourth-order valence-electron chi connectivity index (χ4n) is 4.17. The van der Waals surface area contributed by atoms with Gasteiger partial charge in [0, 0.05) is 12.0 Å². The summed E-state index contributed by atoms with van der Waals surface area (Å²) < 4.78 is 72.8. The molecule has 0 unspecified atom stereocenters. The largest absolute Gasteiger partial charge is 0.481 e. The smallest absolute Gasteiger partial charge is 0.404 e. The molecule has 0 spiro atoms. The molecule has 0 radical (unpaired) electrons. The van der Waals surface area contributed by atoms with Gasteiger partial charge in [0.1, 0.15) is 10.9 Å². The van der Waals surface area contributed by atoms with Crippen LogP contribution in [0.5, 0.6) is 0 Å². The minimum atomic E-state index is -4.79. The Hall–Kier alpha value is -2.26. The highest BCUT2D eigenvalue weighted by Gasteiger charge is 2.41. The first-order valence-corrected chi connectivity index (χ1v) is 15.7. The van der Waals surface area contributed by atoms with Crippen molar-refractivity contribution in [2.24, 2.45) is 11.3 Å². The molecule has 0 amide bonds. The normalized spacial score (nSPS) is 15.6. The van der Waals surface area contributed by atoms with Gasteiger partial charge >= 0.3 is 12.1 Å². The summed E-state index contributed by atoms with van der Waals surface area (Å²) in [7, 11) is -4.66. The Morgan fingerprint density at radius 1 is 1.22 bits per heavy atom. The summed E-state index contributed by atoms with van der Waals surface area (Å²) in [4.78, 5) is 16.2. The van der Waals surface area contributed by atoms with E-state index in [1.54, 1.807) is 4.72 Å². The molecule has 224 valence electrons. The third-order valence-electron chi connectivity index (χ3n) is 6.91. The summed E-state index contributed by atoms with van der Waals surface area (Å²) >= 11 is 14.0. The van der Waals surface area contributed by atoms with Crippen molar-refractivity contribution in [3.05, 3.63) is 33.8 Å². The molecule has 0 aliphatic heterocycles. The van der Waals surface area contributed by atoms with Crippen LogP contribution in [0.1, 0.15) is 58.0 Å². The van der Waals surface area contributed by atoms with Gasteiger partial charge in [-0.1, -0.05) is 55.5 Å². The lowest BCUT2D eigenvalue weighted by Gasteiger charge is -2.24. The second-order valence-electron chi connectivity index (χ2n) is 10.5. The summed E-state index contributed by atoms with van der Waals surface area (Å²) in [5.74, 6) is -0.440. The molecule has 1 saturated carbocycles. The first-order chi connectivity index (χ1) is 19.0. The van der Waals surface area contributed by atoms with Gasteiger partial charge in [0.25, 0.3) is 5.89 Å². The molecule has 16 heteroatoms. The van der Waals surface area contributed by atoms with Crippen LogP contribution in [-0.4, -0.2) is 46.9 Å². The van der Waals surface area contributed by atoms with E-state index in [9.17, 15) is 31.5 Å². The molecule has 1 aliphatic carbocycles. The van der Waals surface area contributed by atoms with Crippen molar-refractivity contribution in [2.45, 2.75) is 76.4 Å². The van der Waals surface area contributed by atoms with Gasteiger partial charge in [0.2, 0.25) is 15.9 Å². The van der Waals surface area contributed by atoms with E-state index in [1.165, 1.54) is 26.8 Å². The quantitative estimate of drug-likeness (QED) is 0.231. The molecular formula is C25H27Cl2F3N4O5S2. The number of carboxylic acids is 1. The minimum absolute atomic E-state index is 0.00112. The summed E-state index contributed by atoms with van der Waals surface area (Å²) in [6, 6.07) is 0.203. The molecule has 0 bridgehead atoms. The summed E-state index contributed by atoms with van der Waals surface area (Å²) in [6.07, 6.45) is -1.59. The monoisotopic (exact) mass is 654 g/mol. The molecule has 1 atom stereocenters. The van der Waals surface area contributed by atoms with Crippen LogP contribution in [0.2, 0.25) is 10.0 Å². The Labute approximate surface area is 248 Å². The average Bonchev–Trinajstić information content (AvgIpc) is 3.47. The van der Waals surface area contributed by atoms with E-state index in [0.29, 0.717) is 33.5 Å². The van der Waals surface area contributed by atoms with Crippen LogP contribution in [0, 0.1) is 11.3 Å². The fourth-order valence-corrected chi connectivity index (χ4v) is 7.45. The topological polar surface area (TPSA) is 135 Å². The van der Waals surface area contributed by atoms with Gasteiger partial charge < -0.3 is 9.52 Å². The van der Waals surface area contributed by atoms with Gasteiger partial charge in [-0.05, 0) is 38.7 Å². The van der Waals surface area contributed by atoms with Crippen LogP contribution in [0.4, 0.5) is 13.2 Å². The molecule has 9 nitrogen and oxygen atoms in total. The van der Waals surface area contributed by atoms with E-state index in [0.717, 1.165) is 36.7 Å². The van der Waals surface area contributed by atoms with E-state index < -0.39 is 50.0 Å². The standard InChI is InChI=1S/C25H27Cl2F3N4O5S2/c1-4-16(25(28,29)30)34-41(37,38)15-9-8-13(18(26)19(15)27)20-14(10-12-6-5-7-12)31-22(40-20)21-33-32-17(39-21)11-24(2,3)23(35)36/h8-9,12,16,34H,4-7,10-11H2,1-3H3,(H,35,36)/t16-/m0/s1. The number of nitrogens with one attached hydrogen (secondary N) is 1. The molecule has 2 N–H and O–H groups in total. The predicted molar refractivity (Wildman–Crippen MR) is 147 cm³/mol. The summed E-state index contributed by atoms with van der Waals surface area (Å²) in [6.45, 7) is 4.28. The Morgan fingerprint density at radius 2 is 1.90 bits per heavy atom. The molecule has 3 aromatic rings. The van der Waals surface area contributed by atoms with Crippen LogP contribution < -0.4 is 4.72 Å². The molecule has 2 heterocycles. The van der Waals surface area contributed by atoms with Crippen LogP contribution in [-0.2, 0) is 27.7 Å². The van der Waals surface area contributed by atoms with Crippen molar-refractivity contribution >= 4 is 50.5 Å². The zero-order valence-corrected chi connectivity index (χ0v) is 25.3. The summed E-state index contributed by atoms with van der Waals surface area (Å²) in [5, 5.41) is 17.2. The Kier molecular flexibility index (Phi) is 9.11. The lowest BCUT2D eigenvalue weighted by Crippen LogP contribution is -2.44. The fraction of sp³-hybridized carbons (Fsp3) is 0.520. The zero-order chi connectivity index (χ0) is 30.3. The third kappa shape index (κ3) is 6.87. The Bertz CT molecular complexity index is 1550. The average molecular weight is 656 g/mol. The van der Waals surface area contributed by atoms with Crippen LogP contribution in [0.15, 0.2) is 21.4 Å². The highest BCUT2D eigenvalue weighted by molar-refractivity contribution is 7.89. The van der Waals surface area contributed by atoms with Crippen LogP contribution >= 0.6 is 34.5 Å². The number of benzene rings is 1. The van der Waals surface area contributed by atoms with Crippen molar-refractivity contribution in [3.63, 3.8) is 0 Å². The number of sulfonamides is 1. The second kappa shape index (κ2) is 11.8. The molecule has 1 fully saturated rings. The number of aromatic nitrogens is 3. The predicted octanol–water partition coefficient (Wildman–Crippen LogP) is 6.78. The Morgan fingerprint density at radius 3 is 2.46 bits per heavy atom. The second-order valence-corrected chi connectivity index (χ2v) is 14.0. The van der Waals surface area contributed by atoms with Crippen molar-refractivity contribution in [3.8, 4) is 21.3 Å². The molecule has 41 heavy (non-hydrogen) atoms. The van der Waals surface area contributed by atoms with Gasteiger partial charge in [-0.3, -0.25) is 4.79 Å². The maximum absolute atomic E-state index is 13.2. The van der Waals surface area contributed by atoms with Crippen molar-refractivity contribution in [1.29, 1.82) is 0 Å². The number of rotatable bonds is 11. The number of hydrogen-bond donors (Lipinski definition) is 2. The van der Waals surface area contributed by atoms with Gasteiger partial charge in [0.15, 0.2) is 5.01 Å². The highest BCUT2D eigenvalue weighted by Crippen LogP contribution is 2.45. The van der Waals surface area contributed by atoms with Gasteiger partial charge in [0.05, 0.1) is 26.0 Å². The number of alkyl halides is 3. The van der Waals surface area contributed by atoms with E-state index in [2.05, 4.69) is 10.2 Å². The number of carbonyl (C=O) groups is 1. The van der Waals surface area contributed by atoms with E-state index in [4.69, 9.17) is 32.6 Å². The SMILES string of the molecule is CC[C@H](NS(=O)(=O)c1ccc(-c2sc(-c3nnc(CC(C)(C)C(=O)O)o3)nc2CC2CCC2)c(Cl)c1Cl)C(F)(F)F. The number of aliphatic carboxylic acids is 1. The van der Waals surface area contributed by atoms with Crippen molar-refractivity contribution < 1.29 is 35.9 Å². The summed E-state index contributed by atoms with van der Waals surface area (Å²) in [5.41, 5.74) is -0.135. The molecule has 2 aromatic heterocycles. The van der Waals surface area contributed by atoms with Gasteiger partial charge in [-0.25, -0.2) is 13.4 Å². The van der Waals surface area contributed by atoms with E-state index in [1.807, 2.05) is 0 Å². The number of carboxylic acid groups (broad SMARTS) is 1. The molecule has 1 aliphatic rings. The van der Waals surface area contributed by atoms with Crippen LogP contribution in [0.25, 0.3) is 21.3 Å². The van der Waals surface area contributed by atoms with Crippen molar-refractivity contribution in [1.82, 2.24) is 19.9 Å². The maximum Gasteiger partial charge on any atom is 0.404 e. The highest BCUT2D eigenvalue weighted by atomic mass is 35.5. The number of nitrogens with zero attached hydrogens (tertiary/aromatic N) is 3. The van der Waals surface area contributed by atoms with Crippen molar-refractivity contribution in [2.75, 3.05) is 0 Å². The molecule has 0 saturated heterocycles. The van der Waals surface area contributed by atoms with Gasteiger partial charge in [-0.15, -0.1) is 21.5 Å². The minimum Gasteiger partial charge on any atom is -0.481 e. The van der Waals surface area contributed by atoms with E-state index in [-0.39, 0.29) is 23.2 Å². The van der Waals surface area contributed by atoms with E-state index >= 15 is 0 Å². The number of hydrogen-bond acceptors (Lipinski definition) is 8. The molecule has 4 rings (SSSR count). The number of thiazole rings is 1. The lowest BCUT2D eigenvalue weighted by molar-refractivity contribution is -0.151. The lowest BCUT2D eigenvalue weighted by atomic mass is 9.82.